The van der Waals surface area contributed by atoms with Crippen LogP contribution >= 0.6 is 0 Å². The van der Waals surface area contributed by atoms with Gasteiger partial charge >= 0.3 is 0 Å². The van der Waals surface area contributed by atoms with Gasteiger partial charge in [0.2, 0.25) is 5.91 Å². The molecule has 0 bridgehead atoms. The summed E-state index contributed by atoms with van der Waals surface area (Å²) in [4.78, 5) is 42.3. The Hall–Kier alpha value is -2.97. The summed E-state index contributed by atoms with van der Waals surface area (Å²) >= 11 is 0. The molecule has 1 aliphatic carbocycles. The lowest BCUT2D eigenvalue weighted by Gasteiger charge is -2.34. The summed E-state index contributed by atoms with van der Waals surface area (Å²) in [5.41, 5.74) is 6.42. The zero-order chi connectivity index (χ0) is 21.1. The summed E-state index contributed by atoms with van der Waals surface area (Å²) in [6, 6.07) is 7.30. The lowest BCUT2D eigenvalue weighted by molar-refractivity contribution is -0.132. The standard InChI is InChI=1S/C22H27N5O3/c1-23-27-11-9-26(10-12-27)20(29)13-15-5-7-16(8-6-15)25-22(30)17-14-24-18-3-2-4-19(28)21(17)18/h5-8,14,23-24H,2-4,9-13H2,1H3,(H,25,30). The van der Waals surface area contributed by atoms with Crippen molar-refractivity contribution < 1.29 is 14.4 Å². The first-order valence-corrected chi connectivity index (χ1v) is 10.4. The van der Waals surface area contributed by atoms with Gasteiger partial charge in [0.25, 0.3) is 5.91 Å². The number of amides is 2. The molecule has 8 nitrogen and oxygen atoms in total. The third-order valence-corrected chi connectivity index (χ3v) is 5.83. The molecule has 4 rings (SSSR count). The highest BCUT2D eigenvalue weighted by molar-refractivity contribution is 6.13. The van der Waals surface area contributed by atoms with Crippen molar-refractivity contribution in [3.05, 3.63) is 52.8 Å². The van der Waals surface area contributed by atoms with E-state index in [0.29, 0.717) is 42.7 Å². The number of H-pyrrole nitrogens is 1. The molecule has 158 valence electrons. The molecule has 30 heavy (non-hydrogen) atoms. The first kappa shape index (κ1) is 20.3. The number of rotatable bonds is 5. The Kier molecular flexibility index (Phi) is 5.96. The van der Waals surface area contributed by atoms with Crippen molar-refractivity contribution in [1.82, 2.24) is 20.3 Å². The Balaban J connectivity index is 1.35. The molecule has 0 radical (unpaired) electrons. The fourth-order valence-electron chi connectivity index (χ4n) is 4.08. The molecule has 0 saturated carbocycles. The Labute approximate surface area is 175 Å². The highest BCUT2D eigenvalue weighted by Crippen LogP contribution is 2.25. The Morgan fingerprint density at radius 2 is 1.80 bits per heavy atom. The zero-order valence-electron chi connectivity index (χ0n) is 17.2. The molecule has 3 N–H and O–H groups in total. The largest absolute Gasteiger partial charge is 0.364 e. The van der Waals surface area contributed by atoms with Gasteiger partial charge in [-0.05, 0) is 37.6 Å². The SMILES string of the molecule is CNN1CCN(C(=O)Cc2ccc(NC(=O)c3c[nH]c4c3C(=O)CCC4)cc2)CC1. The topological polar surface area (TPSA) is 97.5 Å². The molecule has 2 aliphatic rings. The van der Waals surface area contributed by atoms with Crippen LogP contribution < -0.4 is 10.7 Å². The van der Waals surface area contributed by atoms with Gasteiger partial charge < -0.3 is 15.2 Å². The number of hydrogen-bond acceptors (Lipinski definition) is 5. The van der Waals surface area contributed by atoms with Gasteiger partial charge in [0.05, 0.1) is 17.5 Å². The molecule has 0 spiro atoms. The van der Waals surface area contributed by atoms with Crippen LogP contribution in [-0.2, 0) is 17.6 Å². The van der Waals surface area contributed by atoms with Crippen LogP contribution in [0.1, 0.15) is 44.8 Å². The molecule has 1 fully saturated rings. The van der Waals surface area contributed by atoms with Gasteiger partial charge in [-0.15, -0.1) is 0 Å². The third kappa shape index (κ3) is 4.29. The molecular weight excluding hydrogens is 382 g/mol. The first-order chi connectivity index (χ1) is 14.5. The van der Waals surface area contributed by atoms with E-state index in [-0.39, 0.29) is 17.6 Å². The highest BCUT2D eigenvalue weighted by atomic mass is 16.2. The number of aromatic nitrogens is 1. The number of benzene rings is 1. The van der Waals surface area contributed by atoms with Crippen molar-refractivity contribution in [2.24, 2.45) is 0 Å². The monoisotopic (exact) mass is 409 g/mol. The number of aromatic amines is 1. The number of anilines is 1. The van der Waals surface area contributed by atoms with Gasteiger partial charge in [-0.3, -0.25) is 19.8 Å². The molecule has 2 aromatic rings. The fourth-order valence-corrected chi connectivity index (χ4v) is 4.08. The minimum absolute atomic E-state index is 0.0204. The summed E-state index contributed by atoms with van der Waals surface area (Å²) in [7, 11) is 1.89. The number of nitrogens with one attached hydrogen (secondary N) is 3. The van der Waals surface area contributed by atoms with Gasteiger partial charge in [-0.2, -0.15) is 0 Å². The lowest BCUT2D eigenvalue weighted by atomic mass is 9.93. The molecule has 1 saturated heterocycles. The predicted octanol–water partition coefficient (Wildman–Crippen LogP) is 1.61. The van der Waals surface area contributed by atoms with E-state index in [1.165, 1.54) is 0 Å². The number of hydrazine groups is 1. The molecular formula is C22H27N5O3. The molecule has 0 unspecified atom stereocenters. The second-order valence-electron chi connectivity index (χ2n) is 7.75. The molecule has 2 amide bonds. The quantitative estimate of drug-likeness (QED) is 0.697. The second-order valence-corrected chi connectivity index (χ2v) is 7.75. The Morgan fingerprint density at radius 1 is 1.07 bits per heavy atom. The van der Waals surface area contributed by atoms with E-state index in [1.54, 1.807) is 18.3 Å². The molecule has 2 heterocycles. The van der Waals surface area contributed by atoms with Gasteiger partial charge in [0.1, 0.15) is 0 Å². The maximum atomic E-state index is 12.7. The van der Waals surface area contributed by atoms with Crippen molar-refractivity contribution in [3.8, 4) is 0 Å². The fraction of sp³-hybridized carbons (Fsp3) is 0.409. The number of nitrogens with zero attached hydrogens (tertiary/aromatic N) is 2. The van der Waals surface area contributed by atoms with Crippen LogP contribution in [0.5, 0.6) is 0 Å². The van der Waals surface area contributed by atoms with Crippen LogP contribution in [0.3, 0.4) is 0 Å². The number of piperazine rings is 1. The number of aryl methyl sites for hydroxylation is 1. The third-order valence-electron chi connectivity index (χ3n) is 5.83. The Bertz CT molecular complexity index is 942. The summed E-state index contributed by atoms with van der Waals surface area (Å²) in [6.45, 7) is 3.07. The normalized spacial score (nSPS) is 17.0. The van der Waals surface area contributed by atoms with E-state index in [4.69, 9.17) is 0 Å². The predicted molar refractivity (Wildman–Crippen MR) is 113 cm³/mol. The van der Waals surface area contributed by atoms with Gasteiger partial charge in [0.15, 0.2) is 5.78 Å². The summed E-state index contributed by atoms with van der Waals surface area (Å²) in [5, 5.41) is 4.94. The highest BCUT2D eigenvalue weighted by Gasteiger charge is 2.26. The molecule has 8 heteroatoms. The molecule has 1 aromatic carbocycles. The van der Waals surface area contributed by atoms with Crippen molar-refractivity contribution in [2.45, 2.75) is 25.7 Å². The number of carbonyl (C=O) groups is 3. The maximum Gasteiger partial charge on any atom is 0.257 e. The minimum Gasteiger partial charge on any atom is -0.364 e. The average Bonchev–Trinajstić information content (AvgIpc) is 3.21. The molecule has 1 aliphatic heterocycles. The second kappa shape index (κ2) is 8.81. The molecule has 1 aromatic heterocycles. The zero-order valence-corrected chi connectivity index (χ0v) is 17.2. The van der Waals surface area contributed by atoms with Crippen LogP contribution in [0.25, 0.3) is 0 Å². The number of fused-ring (bicyclic) bond motifs is 1. The number of hydrogen-bond donors (Lipinski definition) is 3. The maximum absolute atomic E-state index is 12.7. The number of carbonyl (C=O) groups excluding carboxylic acids is 3. The Morgan fingerprint density at radius 3 is 2.50 bits per heavy atom. The average molecular weight is 409 g/mol. The van der Waals surface area contributed by atoms with Crippen molar-refractivity contribution >= 4 is 23.3 Å². The van der Waals surface area contributed by atoms with E-state index in [9.17, 15) is 14.4 Å². The lowest BCUT2D eigenvalue weighted by Crippen LogP contribution is -2.52. The van der Waals surface area contributed by atoms with Gasteiger partial charge in [0, 0.05) is 50.2 Å². The smallest absolute Gasteiger partial charge is 0.257 e. The van der Waals surface area contributed by atoms with Gasteiger partial charge in [-0.25, -0.2) is 5.01 Å². The summed E-state index contributed by atoms with van der Waals surface area (Å²) in [5.74, 6) is -0.166. The van der Waals surface area contributed by atoms with Crippen LogP contribution in [0.2, 0.25) is 0 Å². The minimum atomic E-state index is -0.297. The van der Waals surface area contributed by atoms with Crippen molar-refractivity contribution in [3.63, 3.8) is 0 Å². The van der Waals surface area contributed by atoms with Crippen LogP contribution in [0, 0.1) is 0 Å². The van der Waals surface area contributed by atoms with E-state index >= 15 is 0 Å². The van der Waals surface area contributed by atoms with Crippen LogP contribution in [-0.4, -0.2) is 65.7 Å². The number of Topliss-reactive ketones (excluding diaryl/α,β-unsaturated/α-hetero) is 1. The van der Waals surface area contributed by atoms with Crippen LogP contribution in [0.4, 0.5) is 5.69 Å². The summed E-state index contributed by atoms with van der Waals surface area (Å²) < 4.78 is 0. The molecule has 0 atom stereocenters. The number of ketones is 1. The first-order valence-electron chi connectivity index (χ1n) is 10.4. The van der Waals surface area contributed by atoms with E-state index in [0.717, 1.165) is 37.2 Å². The van der Waals surface area contributed by atoms with Gasteiger partial charge in [-0.1, -0.05) is 12.1 Å². The summed E-state index contributed by atoms with van der Waals surface area (Å²) in [6.07, 6.45) is 4.05. The van der Waals surface area contributed by atoms with Crippen molar-refractivity contribution in [2.75, 3.05) is 38.5 Å². The van der Waals surface area contributed by atoms with Crippen molar-refractivity contribution in [1.29, 1.82) is 0 Å². The van der Waals surface area contributed by atoms with E-state index < -0.39 is 0 Å². The van der Waals surface area contributed by atoms with E-state index in [1.807, 2.05) is 24.1 Å². The van der Waals surface area contributed by atoms with E-state index in [2.05, 4.69) is 20.7 Å². The van der Waals surface area contributed by atoms with Crippen LogP contribution in [0.15, 0.2) is 30.5 Å².